The van der Waals surface area contributed by atoms with Gasteiger partial charge in [0.1, 0.15) is 6.04 Å². The molecule has 1 aliphatic heterocycles. The molecule has 0 saturated carbocycles. The number of amides is 1. The van der Waals surface area contributed by atoms with Gasteiger partial charge in [0.15, 0.2) is 5.82 Å². The zero-order valence-electron chi connectivity index (χ0n) is 15.3. The first-order chi connectivity index (χ1) is 12.1. The standard InChI is InChI=1S/C19H29N3O3/c1-13(2)18-21-19(25-22-18)17(15-8-10-24-11-9-15)20-16(23)12-14-6-4-3-5-7-14/h6,13,15,17H,3-5,7-12H2,1-2H3,(H,20,23)/t17-/m0/s1. The minimum absolute atomic E-state index is 0.0499. The summed E-state index contributed by atoms with van der Waals surface area (Å²) in [5.41, 5.74) is 1.25. The predicted octanol–water partition coefficient (Wildman–Crippen LogP) is 3.67. The summed E-state index contributed by atoms with van der Waals surface area (Å²) in [6, 6.07) is -0.222. The number of allylic oxidation sites excluding steroid dienone is 1. The monoisotopic (exact) mass is 347 g/mol. The first kappa shape index (κ1) is 18.1. The number of nitrogens with one attached hydrogen (secondary N) is 1. The van der Waals surface area contributed by atoms with Crippen LogP contribution in [0.15, 0.2) is 16.2 Å². The predicted molar refractivity (Wildman–Crippen MR) is 94.0 cm³/mol. The van der Waals surface area contributed by atoms with Crippen LogP contribution in [0.5, 0.6) is 0 Å². The molecule has 1 aliphatic carbocycles. The Morgan fingerprint density at radius 2 is 2.12 bits per heavy atom. The minimum atomic E-state index is -0.222. The normalized spacial score (nSPS) is 20.4. The lowest BCUT2D eigenvalue weighted by Gasteiger charge is -2.28. The molecular formula is C19H29N3O3. The van der Waals surface area contributed by atoms with Gasteiger partial charge in [-0.25, -0.2) is 0 Å². The van der Waals surface area contributed by atoms with Gasteiger partial charge < -0.3 is 14.6 Å². The molecule has 1 N–H and O–H groups in total. The molecular weight excluding hydrogens is 318 g/mol. The van der Waals surface area contributed by atoms with Crippen molar-refractivity contribution in [1.82, 2.24) is 15.5 Å². The Labute approximate surface area is 149 Å². The summed E-state index contributed by atoms with van der Waals surface area (Å²) >= 11 is 0. The van der Waals surface area contributed by atoms with E-state index in [1.807, 2.05) is 13.8 Å². The van der Waals surface area contributed by atoms with E-state index in [0.29, 0.717) is 31.3 Å². The SMILES string of the molecule is CC(C)c1noc([C@@H](NC(=O)CC2=CCCCC2)C2CCOCC2)n1. The van der Waals surface area contributed by atoms with E-state index in [1.165, 1.54) is 18.4 Å². The van der Waals surface area contributed by atoms with E-state index in [0.717, 1.165) is 25.7 Å². The van der Waals surface area contributed by atoms with E-state index in [2.05, 4.69) is 21.5 Å². The fourth-order valence-electron chi connectivity index (χ4n) is 3.53. The molecule has 0 spiro atoms. The van der Waals surface area contributed by atoms with Crippen molar-refractivity contribution in [2.45, 2.75) is 70.8 Å². The molecule has 2 heterocycles. The summed E-state index contributed by atoms with van der Waals surface area (Å²) in [6.45, 7) is 5.50. The van der Waals surface area contributed by atoms with Crippen molar-refractivity contribution in [3.05, 3.63) is 23.4 Å². The third-order valence-corrected chi connectivity index (χ3v) is 5.07. The molecule has 1 aromatic rings. The molecule has 1 saturated heterocycles. The van der Waals surface area contributed by atoms with E-state index in [-0.39, 0.29) is 23.8 Å². The van der Waals surface area contributed by atoms with E-state index >= 15 is 0 Å². The topological polar surface area (TPSA) is 77.2 Å². The fraction of sp³-hybridized carbons (Fsp3) is 0.737. The number of aromatic nitrogens is 2. The van der Waals surface area contributed by atoms with Crippen molar-refractivity contribution in [2.24, 2.45) is 5.92 Å². The van der Waals surface area contributed by atoms with Gasteiger partial charge in [-0.2, -0.15) is 4.98 Å². The molecule has 0 radical (unpaired) electrons. The Hall–Kier alpha value is -1.69. The second kappa shape index (κ2) is 8.61. The highest BCUT2D eigenvalue weighted by Crippen LogP contribution is 2.30. The zero-order chi connectivity index (χ0) is 17.6. The van der Waals surface area contributed by atoms with Crippen LogP contribution in [0.2, 0.25) is 0 Å². The maximum atomic E-state index is 12.6. The summed E-state index contributed by atoms with van der Waals surface area (Å²) in [6.07, 6.45) is 9.03. The van der Waals surface area contributed by atoms with Crippen molar-refractivity contribution in [3.63, 3.8) is 0 Å². The van der Waals surface area contributed by atoms with E-state index in [9.17, 15) is 4.79 Å². The molecule has 2 aliphatic rings. The van der Waals surface area contributed by atoms with Crippen molar-refractivity contribution in [1.29, 1.82) is 0 Å². The molecule has 1 aromatic heterocycles. The van der Waals surface area contributed by atoms with E-state index < -0.39 is 0 Å². The molecule has 0 unspecified atom stereocenters. The van der Waals surface area contributed by atoms with Crippen LogP contribution in [0.25, 0.3) is 0 Å². The number of carbonyl (C=O) groups is 1. The molecule has 0 bridgehead atoms. The Balaban J connectivity index is 1.70. The summed E-state index contributed by atoms with van der Waals surface area (Å²) in [7, 11) is 0. The molecule has 25 heavy (non-hydrogen) atoms. The van der Waals surface area contributed by atoms with Gasteiger partial charge in [-0.05, 0) is 44.4 Å². The number of ether oxygens (including phenoxy) is 1. The number of rotatable bonds is 6. The number of carbonyl (C=O) groups excluding carboxylic acids is 1. The molecule has 0 aromatic carbocycles. The van der Waals surface area contributed by atoms with Crippen molar-refractivity contribution in [2.75, 3.05) is 13.2 Å². The van der Waals surface area contributed by atoms with E-state index in [4.69, 9.17) is 9.26 Å². The quantitative estimate of drug-likeness (QED) is 0.795. The lowest BCUT2D eigenvalue weighted by atomic mass is 9.91. The largest absolute Gasteiger partial charge is 0.381 e. The Morgan fingerprint density at radius 3 is 2.76 bits per heavy atom. The van der Waals surface area contributed by atoms with Crippen LogP contribution in [0.1, 0.15) is 82.5 Å². The third kappa shape index (κ3) is 4.91. The lowest BCUT2D eigenvalue weighted by molar-refractivity contribution is -0.122. The fourth-order valence-corrected chi connectivity index (χ4v) is 3.53. The maximum Gasteiger partial charge on any atom is 0.249 e. The summed E-state index contributed by atoms with van der Waals surface area (Å²) in [5.74, 6) is 1.75. The molecule has 6 nitrogen and oxygen atoms in total. The van der Waals surface area contributed by atoms with Crippen LogP contribution in [-0.2, 0) is 9.53 Å². The zero-order valence-corrected chi connectivity index (χ0v) is 15.3. The van der Waals surface area contributed by atoms with Crippen molar-refractivity contribution < 1.29 is 14.1 Å². The van der Waals surface area contributed by atoms with Gasteiger partial charge in [-0.3, -0.25) is 4.79 Å². The number of nitrogens with zero attached hydrogens (tertiary/aromatic N) is 2. The number of hydrogen-bond donors (Lipinski definition) is 1. The second-order valence-electron chi connectivity index (χ2n) is 7.43. The van der Waals surface area contributed by atoms with Gasteiger partial charge in [0.25, 0.3) is 0 Å². The Morgan fingerprint density at radius 1 is 1.32 bits per heavy atom. The summed E-state index contributed by atoms with van der Waals surface area (Å²) in [5, 5.41) is 7.25. The van der Waals surface area contributed by atoms with Crippen LogP contribution >= 0.6 is 0 Å². The van der Waals surface area contributed by atoms with Gasteiger partial charge in [-0.1, -0.05) is 30.7 Å². The Kier molecular flexibility index (Phi) is 6.24. The highest BCUT2D eigenvalue weighted by Gasteiger charge is 2.31. The third-order valence-electron chi connectivity index (χ3n) is 5.07. The van der Waals surface area contributed by atoms with Crippen LogP contribution in [0, 0.1) is 5.92 Å². The average molecular weight is 347 g/mol. The number of hydrogen-bond acceptors (Lipinski definition) is 5. The lowest BCUT2D eigenvalue weighted by Crippen LogP contribution is -2.36. The summed E-state index contributed by atoms with van der Waals surface area (Å²) in [4.78, 5) is 17.1. The molecule has 1 atom stereocenters. The highest BCUT2D eigenvalue weighted by molar-refractivity contribution is 5.78. The first-order valence-corrected chi connectivity index (χ1v) is 9.52. The van der Waals surface area contributed by atoms with Crippen molar-refractivity contribution in [3.8, 4) is 0 Å². The molecule has 1 amide bonds. The molecule has 1 fully saturated rings. The highest BCUT2D eigenvalue weighted by atomic mass is 16.5. The van der Waals surface area contributed by atoms with Gasteiger partial charge in [0, 0.05) is 25.6 Å². The smallest absolute Gasteiger partial charge is 0.249 e. The van der Waals surface area contributed by atoms with E-state index in [1.54, 1.807) is 0 Å². The minimum Gasteiger partial charge on any atom is -0.381 e. The van der Waals surface area contributed by atoms with Gasteiger partial charge in [0.2, 0.25) is 11.8 Å². The van der Waals surface area contributed by atoms with Gasteiger partial charge in [-0.15, -0.1) is 0 Å². The van der Waals surface area contributed by atoms with Crippen LogP contribution in [-0.4, -0.2) is 29.3 Å². The Bertz CT molecular complexity index is 603. The first-order valence-electron chi connectivity index (χ1n) is 9.52. The van der Waals surface area contributed by atoms with Crippen LogP contribution in [0.4, 0.5) is 0 Å². The summed E-state index contributed by atoms with van der Waals surface area (Å²) < 4.78 is 11.0. The average Bonchev–Trinajstić information content (AvgIpc) is 3.11. The molecule has 6 heteroatoms. The maximum absolute atomic E-state index is 12.6. The molecule has 138 valence electrons. The second-order valence-corrected chi connectivity index (χ2v) is 7.43. The van der Waals surface area contributed by atoms with Crippen LogP contribution in [0.3, 0.4) is 0 Å². The van der Waals surface area contributed by atoms with Gasteiger partial charge >= 0.3 is 0 Å². The van der Waals surface area contributed by atoms with Gasteiger partial charge in [0.05, 0.1) is 0 Å². The molecule has 3 rings (SSSR count). The van der Waals surface area contributed by atoms with Crippen LogP contribution < -0.4 is 5.32 Å². The van der Waals surface area contributed by atoms with Crippen molar-refractivity contribution >= 4 is 5.91 Å².